The second-order valence-electron chi connectivity index (χ2n) is 6.02. The first-order chi connectivity index (χ1) is 12.9. The van der Waals surface area contributed by atoms with Crippen LogP contribution >= 0.6 is 0 Å². The molecule has 0 bridgehead atoms. The average molecular weight is 419 g/mol. The van der Waals surface area contributed by atoms with Crippen molar-refractivity contribution in [1.29, 1.82) is 0 Å². The van der Waals surface area contributed by atoms with Gasteiger partial charge in [0.05, 0.1) is 16.9 Å². The van der Waals surface area contributed by atoms with E-state index in [1.165, 1.54) is 50.4 Å². The van der Waals surface area contributed by atoms with Gasteiger partial charge < -0.3 is 10.1 Å². The van der Waals surface area contributed by atoms with Gasteiger partial charge in [0.15, 0.2) is 11.6 Å². The zero-order chi connectivity index (χ0) is 21.1. The van der Waals surface area contributed by atoms with Crippen molar-refractivity contribution in [2.45, 2.75) is 35.4 Å². The molecule has 2 aromatic rings. The second kappa shape index (κ2) is 8.17. The van der Waals surface area contributed by atoms with Crippen LogP contribution in [0.2, 0.25) is 0 Å². The first-order valence-electron chi connectivity index (χ1n) is 8.00. The number of nitrogens with one attached hydrogen (secondary N) is 1. The lowest BCUT2D eigenvalue weighted by Gasteiger charge is -2.15. The molecule has 1 amide bonds. The van der Waals surface area contributed by atoms with E-state index in [1.807, 2.05) is 5.32 Å². The summed E-state index contributed by atoms with van der Waals surface area (Å²) in [5, 5.41) is 1.82. The van der Waals surface area contributed by atoms with Crippen LogP contribution in [0.3, 0.4) is 0 Å². The van der Waals surface area contributed by atoms with Crippen molar-refractivity contribution in [1.82, 2.24) is 5.32 Å². The van der Waals surface area contributed by atoms with E-state index in [2.05, 4.69) is 0 Å². The van der Waals surface area contributed by atoms with Crippen molar-refractivity contribution < 1.29 is 35.5 Å². The number of amides is 1. The lowest BCUT2D eigenvalue weighted by Crippen LogP contribution is -2.42. The molecule has 152 valence electrons. The summed E-state index contributed by atoms with van der Waals surface area (Å²) < 4.78 is 80.5. The zero-order valence-corrected chi connectivity index (χ0v) is 15.7. The van der Waals surface area contributed by atoms with Gasteiger partial charge in [-0.15, -0.1) is 0 Å². The Bertz CT molecular complexity index is 957. The quantitative estimate of drug-likeness (QED) is 0.730. The molecule has 0 heterocycles. The third-order valence-corrected chi connectivity index (χ3v) is 5.61. The van der Waals surface area contributed by atoms with Crippen LogP contribution in [-0.4, -0.2) is 33.7 Å². The number of carbonyl (C=O) groups excluding carboxylic acids is 1. The molecule has 1 N–H and O–H groups in total. The molecule has 1 atom stereocenters. The Kier molecular flexibility index (Phi) is 6.33. The van der Waals surface area contributed by atoms with Gasteiger partial charge in [-0.25, -0.2) is 12.8 Å². The van der Waals surface area contributed by atoms with E-state index in [-0.39, 0.29) is 22.0 Å². The molecule has 0 spiro atoms. The maximum Gasteiger partial charge on any atom is 0.471 e. The number of alkyl halides is 3. The van der Waals surface area contributed by atoms with Gasteiger partial charge in [-0.2, -0.15) is 13.2 Å². The molecule has 28 heavy (non-hydrogen) atoms. The minimum Gasteiger partial charge on any atom is -0.494 e. The summed E-state index contributed by atoms with van der Waals surface area (Å²) in [6.07, 6.45) is -4.90. The van der Waals surface area contributed by atoms with Gasteiger partial charge in [0.25, 0.3) is 0 Å². The average Bonchev–Trinajstić information content (AvgIpc) is 2.61. The van der Waals surface area contributed by atoms with Gasteiger partial charge in [0, 0.05) is 6.04 Å². The highest BCUT2D eigenvalue weighted by molar-refractivity contribution is 7.91. The Morgan fingerprint density at radius 3 is 2.18 bits per heavy atom. The molecular formula is C18H17F4NO4S. The third kappa shape index (κ3) is 5.00. The highest BCUT2D eigenvalue weighted by Gasteiger charge is 2.39. The van der Waals surface area contributed by atoms with E-state index >= 15 is 0 Å². The molecule has 10 heteroatoms. The monoisotopic (exact) mass is 419 g/mol. The molecule has 0 aliphatic rings. The zero-order valence-electron chi connectivity index (χ0n) is 14.9. The predicted octanol–water partition coefficient (Wildman–Crippen LogP) is 3.28. The van der Waals surface area contributed by atoms with Gasteiger partial charge in [-0.05, 0) is 49.2 Å². The highest BCUT2D eigenvalue weighted by Crippen LogP contribution is 2.26. The Hall–Kier alpha value is -2.62. The number of hydrogen-bond donors (Lipinski definition) is 1. The van der Waals surface area contributed by atoms with Crippen LogP contribution in [0.5, 0.6) is 5.75 Å². The van der Waals surface area contributed by atoms with E-state index < -0.39 is 33.8 Å². The van der Waals surface area contributed by atoms with Crippen LogP contribution in [0.4, 0.5) is 17.6 Å². The van der Waals surface area contributed by atoms with Crippen LogP contribution in [0.1, 0.15) is 12.5 Å². The van der Waals surface area contributed by atoms with Crippen molar-refractivity contribution in [3.05, 3.63) is 53.8 Å². The molecule has 0 aliphatic carbocycles. The second-order valence-corrected chi connectivity index (χ2v) is 7.97. The van der Waals surface area contributed by atoms with Crippen molar-refractivity contribution >= 4 is 15.7 Å². The fraction of sp³-hybridized carbons (Fsp3) is 0.278. The van der Waals surface area contributed by atoms with Crippen molar-refractivity contribution in [3.63, 3.8) is 0 Å². The predicted molar refractivity (Wildman–Crippen MR) is 92.2 cm³/mol. The number of benzene rings is 2. The van der Waals surface area contributed by atoms with Crippen LogP contribution < -0.4 is 10.1 Å². The van der Waals surface area contributed by atoms with Crippen LogP contribution in [0, 0.1) is 5.82 Å². The summed E-state index contributed by atoms with van der Waals surface area (Å²) in [4.78, 5) is 10.6. The lowest BCUT2D eigenvalue weighted by molar-refractivity contribution is -0.174. The fourth-order valence-electron chi connectivity index (χ4n) is 2.47. The lowest BCUT2D eigenvalue weighted by atomic mass is 10.1. The van der Waals surface area contributed by atoms with Crippen molar-refractivity contribution in [2.24, 2.45) is 0 Å². The summed E-state index contributed by atoms with van der Waals surface area (Å²) in [7, 11) is -2.73. The number of ether oxygens (including phenoxy) is 1. The number of sulfone groups is 1. The minimum atomic E-state index is -4.97. The van der Waals surface area contributed by atoms with Crippen LogP contribution in [0.15, 0.2) is 52.3 Å². The molecular weight excluding hydrogens is 402 g/mol. The van der Waals surface area contributed by atoms with Gasteiger partial charge in [-0.3, -0.25) is 4.79 Å². The van der Waals surface area contributed by atoms with Crippen LogP contribution in [-0.2, 0) is 21.1 Å². The summed E-state index contributed by atoms with van der Waals surface area (Å²) in [6.45, 7) is 1.40. The Balaban J connectivity index is 2.15. The van der Waals surface area contributed by atoms with Gasteiger partial charge in [0.2, 0.25) is 9.84 Å². The molecule has 0 aliphatic heterocycles. The minimum absolute atomic E-state index is 0.0688. The third-order valence-electron chi connectivity index (χ3n) is 3.84. The molecule has 2 aromatic carbocycles. The van der Waals surface area contributed by atoms with E-state index in [4.69, 9.17) is 4.74 Å². The maximum absolute atomic E-state index is 13.8. The number of carbonyl (C=O) groups is 1. The molecule has 0 saturated heterocycles. The van der Waals surface area contributed by atoms with Gasteiger partial charge in [0.1, 0.15) is 0 Å². The molecule has 0 unspecified atom stereocenters. The topological polar surface area (TPSA) is 72.5 Å². The largest absolute Gasteiger partial charge is 0.494 e. The normalized spacial score (nSPS) is 13.1. The first-order valence-corrected chi connectivity index (χ1v) is 9.48. The van der Waals surface area contributed by atoms with E-state index in [1.54, 1.807) is 0 Å². The SMILES string of the molecule is COc1ccc(S(=O)(=O)c2ccc(C[C@@H](C)NC(=O)C(F)(F)F)cc2)cc1F. The summed E-state index contributed by atoms with van der Waals surface area (Å²) >= 11 is 0. The molecule has 0 aromatic heterocycles. The molecule has 5 nitrogen and oxygen atoms in total. The van der Waals surface area contributed by atoms with E-state index in [0.29, 0.717) is 5.56 Å². The van der Waals surface area contributed by atoms with Crippen LogP contribution in [0.25, 0.3) is 0 Å². The number of hydrogen-bond acceptors (Lipinski definition) is 4. The van der Waals surface area contributed by atoms with Crippen molar-refractivity contribution in [2.75, 3.05) is 7.11 Å². The van der Waals surface area contributed by atoms with Gasteiger partial charge >= 0.3 is 12.1 Å². The van der Waals surface area contributed by atoms with E-state index in [0.717, 1.165) is 6.07 Å². The number of rotatable bonds is 6. The highest BCUT2D eigenvalue weighted by atomic mass is 32.2. The number of halogens is 4. The number of methoxy groups -OCH3 is 1. The molecule has 0 radical (unpaired) electrons. The molecule has 0 fully saturated rings. The Morgan fingerprint density at radius 1 is 1.11 bits per heavy atom. The molecule has 2 rings (SSSR count). The Morgan fingerprint density at radius 2 is 1.68 bits per heavy atom. The van der Waals surface area contributed by atoms with Crippen molar-refractivity contribution in [3.8, 4) is 5.75 Å². The summed E-state index contributed by atoms with van der Waals surface area (Å²) in [6, 6.07) is 7.81. The molecule has 0 saturated carbocycles. The fourth-order valence-corrected chi connectivity index (χ4v) is 3.74. The smallest absolute Gasteiger partial charge is 0.471 e. The summed E-state index contributed by atoms with van der Waals surface area (Å²) in [5.41, 5.74) is 0.523. The first kappa shape index (κ1) is 21.7. The Labute approximate surface area is 159 Å². The maximum atomic E-state index is 13.8. The van der Waals surface area contributed by atoms with Gasteiger partial charge in [-0.1, -0.05) is 12.1 Å². The summed E-state index contributed by atoms with van der Waals surface area (Å²) in [5.74, 6) is -2.96. The standard InChI is InChI=1S/C18H17F4NO4S/c1-11(23-17(24)18(20,21)22)9-12-3-5-13(6-4-12)28(25,26)14-7-8-16(27-2)15(19)10-14/h3-8,10-11H,9H2,1-2H3,(H,23,24)/t11-/m1/s1. The van der Waals surface area contributed by atoms with E-state index in [9.17, 15) is 30.8 Å².